The molecule has 2 aromatic heterocycles. The van der Waals surface area contributed by atoms with E-state index in [1.807, 2.05) is 36.5 Å². The van der Waals surface area contributed by atoms with Gasteiger partial charge < -0.3 is 9.73 Å². The first-order valence-corrected chi connectivity index (χ1v) is 6.52. The van der Waals surface area contributed by atoms with E-state index in [4.69, 9.17) is 4.42 Å². The Morgan fingerprint density at radius 2 is 2.00 bits per heavy atom. The standard InChI is InChI=1S/C16H16N2O/c1-2-17-11-13-8-9-15(19-13)14-7-3-5-12-6-4-10-18-16(12)14/h3-10,17H,2,11H2,1H3. The highest BCUT2D eigenvalue weighted by Crippen LogP contribution is 2.28. The predicted octanol–water partition coefficient (Wildman–Crippen LogP) is 3.60. The summed E-state index contributed by atoms with van der Waals surface area (Å²) in [5.41, 5.74) is 2.02. The minimum Gasteiger partial charge on any atom is -0.460 e. The van der Waals surface area contributed by atoms with Crippen molar-refractivity contribution in [3.8, 4) is 11.3 Å². The average molecular weight is 252 g/mol. The summed E-state index contributed by atoms with van der Waals surface area (Å²) in [6.07, 6.45) is 1.81. The zero-order valence-corrected chi connectivity index (χ0v) is 10.9. The smallest absolute Gasteiger partial charge is 0.136 e. The second-order valence-corrected chi connectivity index (χ2v) is 4.43. The maximum absolute atomic E-state index is 5.88. The molecular weight excluding hydrogens is 236 g/mol. The lowest BCUT2D eigenvalue weighted by Gasteiger charge is -2.03. The van der Waals surface area contributed by atoms with E-state index in [2.05, 4.69) is 29.4 Å². The third kappa shape index (κ3) is 2.37. The third-order valence-corrected chi connectivity index (χ3v) is 3.11. The van der Waals surface area contributed by atoms with Gasteiger partial charge in [-0.25, -0.2) is 0 Å². The maximum Gasteiger partial charge on any atom is 0.136 e. The molecule has 0 amide bonds. The van der Waals surface area contributed by atoms with Crippen molar-refractivity contribution in [1.82, 2.24) is 10.3 Å². The van der Waals surface area contributed by atoms with Crippen molar-refractivity contribution >= 4 is 10.9 Å². The van der Waals surface area contributed by atoms with Crippen molar-refractivity contribution in [2.24, 2.45) is 0 Å². The Morgan fingerprint density at radius 3 is 2.89 bits per heavy atom. The molecule has 0 saturated heterocycles. The van der Waals surface area contributed by atoms with E-state index in [1.54, 1.807) is 0 Å². The largest absolute Gasteiger partial charge is 0.460 e. The van der Waals surface area contributed by atoms with Gasteiger partial charge in [0.05, 0.1) is 12.1 Å². The maximum atomic E-state index is 5.88. The van der Waals surface area contributed by atoms with Crippen LogP contribution in [0.2, 0.25) is 0 Å². The Balaban J connectivity index is 2.02. The Labute approximate surface area is 112 Å². The van der Waals surface area contributed by atoms with Crippen LogP contribution in [0.25, 0.3) is 22.2 Å². The molecule has 0 aliphatic carbocycles. The van der Waals surface area contributed by atoms with Crippen LogP contribution in [-0.2, 0) is 6.54 Å². The topological polar surface area (TPSA) is 38.1 Å². The van der Waals surface area contributed by atoms with Crippen molar-refractivity contribution in [3.05, 3.63) is 54.4 Å². The summed E-state index contributed by atoms with van der Waals surface area (Å²) in [5.74, 6) is 1.82. The van der Waals surface area contributed by atoms with Crippen LogP contribution in [0.5, 0.6) is 0 Å². The Morgan fingerprint density at radius 1 is 1.11 bits per heavy atom. The van der Waals surface area contributed by atoms with E-state index in [9.17, 15) is 0 Å². The van der Waals surface area contributed by atoms with Crippen molar-refractivity contribution in [2.75, 3.05) is 6.54 Å². The summed E-state index contributed by atoms with van der Waals surface area (Å²) in [7, 11) is 0. The Bertz CT molecular complexity index is 683. The van der Waals surface area contributed by atoms with Gasteiger partial charge in [-0.1, -0.05) is 25.1 Å². The molecule has 0 saturated carbocycles. The predicted molar refractivity (Wildman–Crippen MR) is 76.8 cm³/mol. The molecule has 3 aromatic rings. The second-order valence-electron chi connectivity index (χ2n) is 4.43. The summed E-state index contributed by atoms with van der Waals surface area (Å²) < 4.78 is 5.88. The minimum absolute atomic E-state index is 0.759. The van der Waals surface area contributed by atoms with Gasteiger partial charge in [0.1, 0.15) is 11.5 Å². The van der Waals surface area contributed by atoms with Gasteiger partial charge in [-0.3, -0.25) is 4.98 Å². The molecule has 0 radical (unpaired) electrons. The number of nitrogens with zero attached hydrogens (tertiary/aromatic N) is 1. The van der Waals surface area contributed by atoms with Crippen LogP contribution in [-0.4, -0.2) is 11.5 Å². The van der Waals surface area contributed by atoms with Crippen molar-refractivity contribution in [2.45, 2.75) is 13.5 Å². The highest BCUT2D eigenvalue weighted by atomic mass is 16.3. The van der Waals surface area contributed by atoms with E-state index in [-0.39, 0.29) is 0 Å². The quantitative estimate of drug-likeness (QED) is 0.771. The number of hydrogen-bond acceptors (Lipinski definition) is 3. The van der Waals surface area contributed by atoms with E-state index < -0.39 is 0 Å². The van der Waals surface area contributed by atoms with Crippen LogP contribution in [0.15, 0.2) is 53.1 Å². The van der Waals surface area contributed by atoms with Crippen molar-refractivity contribution in [1.29, 1.82) is 0 Å². The van der Waals surface area contributed by atoms with Crippen LogP contribution in [0.4, 0.5) is 0 Å². The summed E-state index contributed by atoms with van der Waals surface area (Å²) in [6.45, 7) is 3.78. The molecule has 2 heterocycles. The molecule has 0 fully saturated rings. The fraction of sp³-hybridized carbons (Fsp3) is 0.188. The van der Waals surface area contributed by atoms with Gasteiger partial charge in [-0.2, -0.15) is 0 Å². The fourth-order valence-electron chi connectivity index (χ4n) is 2.17. The average Bonchev–Trinajstić information content (AvgIpc) is 2.93. The molecule has 1 N–H and O–H groups in total. The number of rotatable bonds is 4. The summed E-state index contributed by atoms with van der Waals surface area (Å²) in [6, 6.07) is 14.2. The molecule has 0 atom stereocenters. The van der Waals surface area contributed by atoms with Crippen LogP contribution >= 0.6 is 0 Å². The first-order chi connectivity index (χ1) is 9.38. The summed E-state index contributed by atoms with van der Waals surface area (Å²) >= 11 is 0. The molecule has 0 unspecified atom stereocenters. The monoisotopic (exact) mass is 252 g/mol. The SMILES string of the molecule is CCNCc1ccc(-c2cccc3cccnc23)o1. The van der Waals surface area contributed by atoms with E-state index in [0.717, 1.165) is 41.1 Å². The number of pyridine rings is 1. The molecule has 3 rings (SSSR count). The lowest BCUT2D eigenvalue weighted by molar-refractivity contribution is 0.499. The number of hydrogen-bond donors (Lipinski definition) is 1. The Kier molecular flexibility index (Phi) is 3.29. The van der Waals surface area contributed by atoms with Gasteiger partial charge in [0.2, 0.25) is 0 Å². The molecule has 0 bridgehead atoms. The molecule has 3 nitrogen and oxygen atoms in total. The normalized spacial score (nSPS) is 11.0. The zero-order valence-electron chi connectivity index (χ0n) is 10.9. The minimum atomic E-state index is 0.759. The van der Waals surface area contributed by atoms with Gasteiger partial charge in [0.25, 0.3) is 0 Å². The lowest BCUT2D eigenvalue weighted by atomic mass is 10.1. The zero-order chi connectivity index (χ0) is 13.1. The van der Waals surface area contributed by atoms with Crippen molar-refractivity contribution < 1.29 is 4.42 Å². The Hall–Kier alpha value is -2.13. The van der Waals surface area contributed by atoms with Gasteiger partial charge in [0.15, 0.2) is 0 Å². The van der Waals surface area contributed by atoms with Crippen molar-refractivity contribution in [3.63, 3.8) is 0 Å². The van der Waals surface area contributed by atoms with Crippen LogP contribution < -0.4 is 5.32 Å². The van der Waals surface area contributed by atoms with E-state index in [0.29, 0.717) is 0 Å². The number of nitrogens with one attached hydrogen (secondary N) is 1. The molecule has 1 aromatic carbocycles. The first-order valence-electron chi connectivity index (χ1n) is 6.52. The summed E-state index contributed by atoms with van der Waals surface area (Å²) in [5, 5.41) is 4.39. The second kappa shape index (κ2) is 5.24. The molecule has 3 heteroatoms. The van der Waals surface area contributed by atoms with Gasteiger partial charge in [-0.15, -0.1) is 0 Å². The number of fused-ring (bicyclic) bond motifs is 1. The molecule has 0 aliphatic heterocycles. The molecule has 0 spiro atoms. The number of furan rings is 1. The number of benzene rings is 1. The van der Waals surface area contributed by atoms with E-state index in [1.165, 1.54) is 0 Å². The third-order valence-electron chi connectivity index (χ3n) is 3.11. The molecule has 96 valence electrons. The summed E-state index contributed by atoms with van der Waals surface area (Å²) in [4.78, 5) is 4.45. The highest BCUT2D eigenvalue weighted by Gasteiger charge is 2.08. The fourth-order valence-corrected chi connectivity index (χ4v) is 2.17. The molecule has 19 heavy (non-hydrogen) atoms. The lowest BCUT2D eigenvalue weighted by Crippen LogP contribution is -2.10. The number of para-hydroxylation sites is 1. The van der Waals surface area contributed by atoms with E-state index >= 15 is 0 Å². The van der Waals surface area contributed by atoms with Crippen LogP contribution in [0.1, 0.15) is 12.7 Å². The highest BCUT2D eigenvalue weighted by molar-refractivity contribution is 5.92. The van der Waals surface area contributed by atoms with Crippen LogP contribution in [0, 0.1) is 0 Å². The van der Waals surface area contributed by atoms with Gasteiger partial charge >= 0.3 is 0 Å². The first kappa shape index (κ1) is 11.9. The molecule has 0 aliphatic rings. The number of aromatic nitrogens is 1. The van der Waals surface area contributed by atoms with Crippen LogP contribution in [0.3, 0.4) is 0 Å². The van der Waals surface area contributed by atoms with Gasteiger partial charge in [0, 0.05) is 17.1 Å². The molecular formula is C16H16N2O. The van der Waals surface area contributed by atoms with Gasteiger partial charge in [-0.05, 0) is 30.8 Å².